The third-order valence-electron chi connectivity index (χ3n) is 1.52. The lowest BCUT2D eigenvalue weighted by Gasteiger charge is -1.96. The molecule has 0 fully saturated rings. The number of hydrogen-bond acceptors (Lipinski definition) is 2. The molecule has 0 unspecified atom stereocenters. The Morgan fingerprint density at radius 3 is 2.85 bits per heavy atom. The van der Waals surface area contributed by atoms with Gasteiger partial charge in [-0.1, -0.05) is 18.2 Å². The van der Waals surface area contributed by atoms with Crippen molar-refractivity contribution in [3.63, 3.8) is 0 Å². The van der Waals surface area contributed by atoms with Crippen molar-refractivity contribution in [2.24, 2.45) is 10.7 Å². The molecule has 0 bridgehead atoms. The molecule has 0 saturated carbocycles. The van der Waals surface area contributed by atoms with Crippen molar-refractivity contribution in [3.05, 3.63) is 47.9 Å². The summed E-state index contributed by atoms with van der Waals surface area (Å²) in [4.78, 5) is 3.96. The fourth-order valence-electron chi connectivity index (χ4n) is 0.888. The third-order valence-corrected chi connectivity index (χ3v) is 1.52. The maximum absolute atomic E-state index is 13.0. The molecule has 1 aromatic carbocycles. The van der Waals surface area contributed by atoms with Crippen molar-refractivity contribution in [2.75, 3.05) is 0 Å². The number of hydrogen-bond donors (Lipinski definition) is 1. The summed E-state index contributed by atoms with van der Waals surface area (Å²) >= 11 is 0. The largest absolute Gasteiger partial charge is 0.405 e. The molecule has 1 rings (SSSR count). The molecule has 0 heterocycles. The molecule has 0 spiro atoms. The average Bonchev–Trinajstić information content (AvgIpc) is 2.15. The Hall–Kier alpha value is -1.64. The van der Waals surface area contributed by atoms with Crippen molar-refractivity contribution in [2.45, 2.75) is 6.54 Å². The molecular weight excluding hydrogens is 167 g/mol. The zero-order valence-corrected chi connectivity index (χ0v) is 7.15. The maximum atomic E-state index is 13.0. The van der Waals surface area contributed by atoms with Gasteiger partial charge in [0.25, 0.3) is 0 Å². The Balaban J connectivity index is 2.59. The van der Waals surface area contributed by atoms with E-state index in [1.54, 1.807) is 30.5 Å². The molecule has 2 nitrogen and oxygen atoms in total. The first-order chi connectivity index (χ1) is 6.34. The highest BCUT2D eigenvalue weighted by molar-refractivity contribution is 5.70. The van der Waals surface area contributed by atoms with Crippen molar-refractivity contribution in [1.82, 2.24) is 0 Å². The number of nitrogens with zero attached hydrogens (tertiary/aromatic N) is 1. The van der Waals surface area contributed by atoms with Crippen LogP contribution >= 0.6 is 0 Å². The van der Waals surface area contributed by atoms with Gasteiger partial charge < -0.3 is 5.73 Å². The molecule has 13 heavy (non-hydrogen) atoms. The van der Waals surface area contributed by atoms with E-state index in [2.05, 4.69) is 4.99 Å². The number of nitrogens with two attached hydrogens (primary N) is 1. The molecule has 0 atom stereocenters. The van der Waals surface area contributed by atoms with Gasteiger partial charge in [0, 0.05) is 11.8 Å². The zero-order chi connectivity index (χ0) is 9.52. The predicted octanol–water partition coefficient (Wildman–Crippen LogP) is 1.87. The van der Waals surface area contributed by atoms with Crippen LogP contribution in [-0.4, -0.2) is 6.21 Å². The van der Waals surface area contributed by atoms with Crippen LogP contribution in [-0.2, 0) is 6.54 Å². The lowest BCUT2D eigenvalue weighted by Crippen LogP contribution is -1.87. The summed E-state index contributed by atoms with van der Waals surface area (Å²) in [5.41, 5.74) is 5.68. The Morgan fingerprint density at radius 2 is 2.15 bits per heavy atom. The second-order valence-electron chi connectivity index (χ2n) is 2.47. The summed E-state index contributed by atoms with van der Waals surface area (Å²) in [6.07, 6.45) is 4.53. The van der Waals surface area contributed by atoms with E-state index in [9.17, 15) is 4.39 Å². The molecule has 2 N–H and O–H groups in total. The smallest absolute Gasteiger partial charge is 0.128 e. The highest BCUT2D eigenvalue weighted by Gasteiger charge is 1.96. The molecule has 0 aliphatic rings. The first-order valence-electron chi connectivity index (χ1n) is 3.94. The van der Waals surface area contributed by atoms with Crippen LogP contribution in [0.4, 0.5) is 4.39 Å². The number of halogens is 1. The van der Waals surface area contributed by atoms with Gasteiger partial charge in [-0.25, -0.2) is 4.39 Å². The number of aliphatic imine (C=N–C) groups is 1. The summed E-state index contributed by atoms with van der Waals surface area (Å²) in [6, 6.07) is 6.57. The van der Waals surface area contributed by atoms with Gasteiger partial charge in [-0.3, -0.25) is 4.99 Å². The van der Waals surface area contributed by atoms with Gasteiger partial charge in [0.15, 0.2) is 0 Å². The van der Waals surface area contributed by atoms with E-state index in [-0.39, 0.29) is 5.82 Å². The van der Waals surface area contributed by atoms with Crippen LogP contribution in [0.3, 0.4) is 0 Å². The second kappa shape index (κ2) is 5.09. The maximum Gasteiger partial charge on any atom is 0.128 e. The van der Waals surface area contributed by atoms with Gasteiger partial charge >= 0.3 is 0 Å². The standard InChI is InChI=1S/C10H11FN2/c11-10-5-2-1-4-9(10)8-13-7-3-6-12/h1-7H,8,12H2/b6-3-,13-7?. The van der Waals surface area contributed by atoms with Crippen LogP contribution in [0.1, 0.15) is 5.56 Å². The Kier molecular flexibility index (Phi) is 3.70. The quantitative estimate of drug-likeness (QED) is 0.705. The van der Waals surface area contributed by atoms with Gasteiger partial charge in [0.05, 0.1) is 6.54 Å². The molecular formula is C10H11FN2. The van der Waals surface area contributed by atoms with Crippen LogP contribution in [0, 0.1) is 5.82 Å². The molecule has 3 heteroatoms. The van der Waals surface area contributed by atoms with E-state index in [1.165, 1.54) is 12.3 Å². The monoisotopic (exact) mass is 178 g/mol. The lowest BCUT2D eigenvalue weighted by atomic mass is 10.2. The molecule has 0 aliphatic heterocycles. The van der Waals surface area contributed by atoms with Crippen LogP contribution < -0.4 is 5.73 Å². The van der Waals surface area contributed by atoms with Crippen molar-refractivity contribution in [1.29, 1.82) is 0 Å². The van der Waals surface area contributed by atoms with Crippen LogP contribution in [0.15, 0.2) is 41.5 Å². The Morgan fingerprint density at radius 1 is 1.38 bits per heavy atom. The summed E-state index contributed by atoms with van der Waals surface area (Å²) in [7, 11) is 0. The van der Waals surface area contributed by atoms with Gasteiger partial charge in [-0.15, -0.1) is 0 Å². The SMILES string of the molecule is N/C=C\C=NCc1ccccc1F. The van der Waals surface area contributed by atoms with Crippen molar-refractivity contribution in [3.8, 4) is 0 Å². The molecule has 1 aromatic rings. The van der Waals surface area contributed by atoms with E-state index in [4.69, 9.17) is 5.73 Å². The van der Waals surface area contributed by atoms with Gasteiger partial charge in [-0.2, -0.15) is 0 Å². The minimum absolute atomic E-state index is 0.226. The summed E-state index contributed by atoms with van der Waals surface area (Å²) in [5, 5.41) is 0. The van der Waals surface area contributed by atoms with E-state index in [0.717, 1.165) is 0 Å². The summed E-state index contributed by atoms with van der Waals surface area (Å²) < 4.78 is 13.0. The zero-order valence-electron chi connectivity index (χ0n) is 7.15. The molecule has 0 aromatic heterocycles. The van der Waals surface area contributed by atoms with E-state index in [1.807, 2.05) is 0 Å². The second-order valence-corrected chi connectivity index (χ2v) is 2.47. The fraction of sp³-hybridized carbons (Fsp3) is 0.100. The average molecular weight is 178 g/mol. The fourth-order valence-corrected chi connectivity index (χ4v) is 0.888. The molecule has 68 valence electrons. The lowest BCUT2D eigenvalue weighted by molar-refractivity contribution is 0.611. The van der Waals surface area contributed by atoms with E-state index >= 15 is 0 Å². The number of rotatable bonds is 3. The summed E-state index contributed by atoms with van der Waals surface area (Å²) in [5.74, 6) is -0.226. The highest BCUT2D eigenvalue weighted by Crippen LogP contribution is 2.06. The number of allylic oxidation sites excluding steroid dienone is 1. The highest BCUT2D eigenvalue weighted by atomic mass is 19.1. The minimum atomic E-state index is -0.226. The number of benzene rings is 1. The van der Waals surface area contributed by atoms with Crippen molar-refractivity contribution < 1.29 is 4.39 Å². The summed E-state index contributed by atoms with van der Waals surface area (Å²) in [6.45, 7) is 0.344. The Labute approximate surface area is 76.6 Å². The van der Waals surface area contributed by atoms with E-state index in [0.29, 0.717) is 12.1 Å². The molecule has 0 amide bonds. The minimum Gasteiger partial charge on any atom is -0.405 e. The topological polar surface area (TPSA) is 38.4 Å². The Bertz CT molecular complexity index is 318. The third kappa shape index (κ3) is 3.07. The first kappa shape index (κ1) is 9.45. The van der Waals surface area contributed by atoms with Gasteiger partial charge in [0.1, 0.15) is 5.82 Å². The van der Waals surface area contributed by atoms with E-state index < -0.39 is 0 Å². The van der Waals surface area contributed by atoms with Gasteiger partial charge in [0.2, 0.25) is 0 Å². The van der Waals surface area contributed by atoms with Gasteiger partial charge in [-0.05, 0) is 18.3 Å². The molecule has 0 aliphatic carbocycles. The first-order valence-corrected chi connectivity index (χ1v) is 3.94. The molecule has 0 radical (unpaired) electrons. The van der Waals surface area contributed by atoms with Crippen molar-refractivity contribution >= 4 is 6.21 Å². The van der Waals surface area contributed by atoms with Crippen LogP contribution in [0.25, 0.3) is 0 Å². The molecule has 0 saturated heterocycles. The van der Waals surface area contributed by atoms with Crippen LogP contribution in [0.2, 0.25) is 0 Å². The predicted molar refractivity (Wildman–Crippen MR) is 51.9 cm³/mol. The van der Waals surface area contributed by atoms with Crippen LogP contribution in [0.5, 0.6) is 0 Å². The normalized spacial score (nSPS) is 11.5.